The summed E-state index contributed by atoms with van der Waals surface area (Å²) in [6, 6.07) is 1.67. The monoisotopic (exact) mass is 607 g/mol. The van der Waals surface area contributed by atoms with E-state index in [1.54, 1.807) is 22.9 Å². The smallest absolute Gasteiger partial charge is 0.254 e. The second-order valence-electron chi connectivity index (χ2n) is 10.5. The third kappa shape index (κ3) is 4.91. The number of amides is 1. The predicted octanol–water partition coefficient (Wildman–Crippen LogP) is 2.62. The van der Waals surface area contributed by atoms with Gasteiger partial charge in [0.25, 0.3) is 5.91 Å². The zero-order chi connectivity index (χ0) is 28.8. The van der Waals surface area contributed by atoms with Gasteiger partial charge in [-0.05, 0) is 12.8 Å². The van der Waals surface area contributed by atoms with E-state index < -0.39 is 5.91 Å². The van der Waals surface area contributed by atoms with Gasteiger partial charge in [0.15, 0.2) is 11.2 Å². The Morgan fingerprint density at radius 1 is 1.19 bits per heavy atom. The summed E-state index contributed by atoms with van der Waals surface area (Å²) in [5.74, 6) is -0.134. The van der Waals surface area contributed by atoms with Crippen molar-refractivity contribution in [3.05, 3.63) is 51.3 Å². The molecular weight excluding hydrogens is 578 g/mol. The molecule has 13 nitrogen and oxygen atoms in total. The normalized spacial score (nSPS) is 19.5. The molecule has 5 aromatic heterocycles. The summed E-state index contributed by atoms with van der Waals surface area (Å²) in [5, 5.41) is 13.3. The first-order chi connectivity index (χ1) is 20.5. The summed E-state index contributed by atoms with van der Waals surface area (Å²) in [6.07, 6.45) is 9.16. The molecule has 0 aromatic carbocycles. The van der Waals surface area contributed by atoms with Crippen molar-refractivity contribution in [1.82, 2.24) is 24.6 Å². The lowest BCUT2D eigenvalue weighted by Gasteiger charge is -2.30. The summed E-state index contributed by atoms with van der Waals surface area (Å²) in [5.41, 5.74) is 14.2. The van der Waals surface area contributed by atoms with E-state index in [9.17, 15) is 9.59 Å². The number of hydrogen-bond acceptors (Lipinski definition) is 13. The van der Waals surface area contributed by atoms with Crippen molar-refractivity contribution >= 4 is 55.5 Å². The average molecular weight is 608 g/mol. The van der Waals surface area contributed by atoms with Crippen molar-refractivity contribution in [2.75, 3.05) is 36.5 Å². The highest BCUT2D eigenvalue weighted by Crippen LogP contribution is 2.38. The minimum absolute atomic E-state index is 0.00267. The second-order valence-corrected chi connectivity index (χ2v) is 12.6. The van der Waals surface area contributed by atoms with Crippen molar-refractivity contribution in [3.63, 3.8) is 0 Å². The molecule has 7 rings (SSSR count). The van der Waals surface area contributed by atoms with Crippen LogP contribution in [0.2, 0.25) is 0 Å². The van der Waals surface area contributed by atoms with Gasteiger partial charge in [0, 0.05) is 49.4 Å². The quantitative estimate of drug-likeness (QED) is 0.247. The summed E-state index contributed by atoms with van der Waals surface area (Å²) in [6.45, 7) is 2.72. The highest BCUT2D eigenvalue weighted by molar-refractivity contribution is 7.23. The van der Waals surface area contributed by atoms with E-state index in [1.807, 2.05) is 0 Å². The van der Waals surface area contributed by atoms with Gasteiger partial charge in [0.1, 0.15) is 18.2 Å². The van der Waals surface area contributed by atoms with Crippen LogP contribution in [0, 0.1) is 0 Å². The van der Waals surface area contributed by atoms with Crippen LogP contribution in [0.15, 0.2) is 34.1 Å². The van der Waals surface area contributed by atoms with Gasteiger partial charge in [-0.15, -0.1) is 32.9 Å². The molecule has 5 aromatic rings. The molecule has 42 heavy (non-hydrogen) atoms. The molecule has 1 aliphatic heterocycles. The molecule has 5 N–H and O–H groups in total. The number of primary amides is 1. The van der Waals surface area contributed by atoms with Gasteiger partial charge in [-0.2, -0.15) is 0 Å². The van der Waals surface area contributed by atoms with Crippen LogP contribution in [0.4, 0.5) is 10.9 Å². The van der Waals surface area contributed by atoms with Crippen molar-refractivity contribution in [3.8, 4) is 10.4 Å². The fourth-order valence-corrected chi connectivity index (χ4v) is 7.81. The Kier molecular flexibility index (Phi) is 7.09. The van der Waals surface area contributed by atoms with Crippen LogP contribution in [-0.2, 0) is 11.2 Å². The number of furan rings is 1. The number of morpholine rings is 1. The van der Waals surface area contributed by atoms with E-state index in [-0.39, 0.29) is 29.5 Å². The lowest BCUT2D eigenvalue weighted by Crippen LogP contribution is -2.43. The Labute approximate surface area is 247 Å². The average Bonchev–Trinajstić information content (AvgIpc) is 3.75. The maximum absolute atomic E-state index is 12.9. The lowest BCUT2D eigenvalue weighted by atomic mass is 9.91. The molecule has 2 fully saturated rings. The number of thiazole rings is 1. The van der Waals surface area contributed by atoms with Gasteiger partial charge < -0.3 is 30.8 Å². The van der Waals surface area contributed by atoms with Crippen LogP contribution in [0.1, 0.15) is 46.7 Å². The molecule has 0 bridgehead atoms. The third-order valence-electron chi connectivity index (χ3n) is 7.80. The minimum Gasteiger partial charge on any atom is -0.459 e. The summed E-state index contributed by atoms with van der Waals surface area (Å²) >= 11 is 2.96. The van der Waals surface area contributed by atoms with Crippen LogP contribution in [0.3, 0.4) is 0 Å². The van der Waals surface area contributed by atoms with Crippen molar-refractivity contribution in [2.24, 2.45) is 11.5 Å². The van der Waals surface area contributed by atoms with Gasteiger partial charge in [0.05, 0.1) is 38.5 Å². The number of carbonyl (C=O) groups is 1. The number of fused-ring (bicyclic) bond motifs is 2. The Morgan fingerprint density at radius 2 is 2.02 bits per heavy atom. The Bertz CT molecular complexity index is 1840. The number of aromatic nitrogens is 5. The largest absolute Gasteiger partial charge is 0.459 e. The van der Waals surface area contributed by atoms with E-state index in [2.05, 4.69) is 25.4 Å². The molecule has 218 valence electrons. The zero-order valence-electron chi connectivity index (χ0n) is 22.6. The van der Waals surface area contributed by atoms with Gasteiger partial charge in [0.2, 0.25) is 11.4 Å². The predicted molar refractivity (Wildman–Crippen MR) is 160 cm³/mol. The number of nitrogens with zero attached hydrogens (tertiary/aromatic N) is 6. The Balaban J connectivity index is 1.23. The van der Waals surface area contributed by atoms with Gasteiger partial charge in [-0.25, -0.2) is 9.97 Å². The van der Waals surface area contributed by atoms with Crippen molar-refractivity contribution in [2.45, 2.75) is 44.2 Å². The molecule has 1 saturated carbocycles. The fraction of sp³-hybridized carbons (Fsp3) is 0.407. The molecule has 15 heteroatoms. The maximum Gasteiger partial charge on any atom is 0.254 e. The molecule has 1 aliphatic carbocycles. The van der Waals surface area contributed by atoms with E-state index >= 15 is 0 Å². The zero-order valence-corrected chi connectivity index (χ0v) is 24.2. The van der Waals surface area contributed by atoms with Gasteiger partial charge >= 0.3 is 0 Å². The van der Waals surface area contributed by atoms with Crippen LogP contribution < -0.4 is 27.1 Å². The molecular formula is C27H29N9O4S2. The van der Waals surface area contributed by atoms with Gasteiger partial charge in [-0.3, -0.25) is 14.0 Å². The van der Waals surface area contributed by atoms with Crippen molar-refractivity contribution < 1.29 is 13.9 Å². The molecule has 0 spiro atoms. The molecule has 0 radical (unpaired) electrons. The highest BCUT2D eigenvalue weighted by atomic mass is 32.1. The fourth-order valence-electron chi connectivity index (χ4n) is 5.61. The second kappa shape index (κ2) is 11.1. The number of anilines is 2. The van der Waals surface area contributed by atoms with Crippen LogP contribution in [0.5, 0.6) is 0 Å². The molecule has 2 atom stereocenters. The topological polar surface area (TPSA) is 180 Å². The third-order valence-corrected chi connectivity index (χ3v) is 10.0. The molecule has 1 saturated heterocycles. The number of nitrogens with two attached hydrogens (primary N) is 2. The SMILES string of the molecule is NC(=O)c1c(Cc2ncc(-c3coc4c(=O)cc(N5CCOCC5)sc34)s2)nc(N[C@H]2CCCC[C@H]2N)n2cnnc12. The molecule has 0 unspecified atom stereocenters. The number of nitrogens with one attached hydrogen (secondary N) is 1. The first kappa shape index (κ1) is 26.9. The molecule has 2 aliphatic rings. The van der Waals surface area contributed by atoms with E-state index in [0.29, 0.717) is 36.1 Å². The van der Waals surface area contributed by atoms with Crippen LogP contribution >= 0.6 is 22.7 Å². The summed E-state index contributed by atoms with van der Waals surface area (Å²) < 4.78 is 13.6. The Hall–Kier alpha value is -3.92. The summed E-state index contributed by atoms with van der Waals surface area (Å²) in [7, 11) is 0. The first-order valence-electron chi connectivity index (χ1n) is 13.8. The van der Waals surface area contributed by atoms with Crippen molar-refractivity contribution in [1.29, 1.82) is 0 Å². The number of rotatable bonds is 7. The minimum atomic E-state index is -0.644. The molecule has 1 amide bonds. The molecule has 6 heterocycles. The number of ether oxygens (including phenoxy) is 1. The number of hydrogen-bond donors (Lipinski definition) is 3. The van der Waals surface area contributed by atoms with Gasteiger partial charge in [-0.1, -0.05) is 12.8 Å². The van der Waals surface area contributed by atoms with E-state index in [4.69, 9.17) is 25.6 Å². The lowest BCUT2D eigenvalue weighted by molar-refractivity contribution is 0.1000. The standard InChI is InChI=1S/C27H29N9O4S2/c28-15-3-1-2-4-16(15)32-27-33-17(22(25(29)38)26-34-31-13-36(26)27)9-20-30-11-19(41-20)14-12-40-23-18(37)10-21(42-24(14)23)35-5-7-39-8-6-35/h10-13,15-16H,1-9,28H2,(H2,29,38)(H,32,33)/t15-,16+/m1/s1. The maximum atomic E-state index is 12.9. The van der Waals surface area contributed by atoms with Crippen LogP contribution in [-0.4, -0.2) is 68.9 Å². The first-order valence-corrected chi connectivity index (χ1v) is 15.5. The Morgan fingerprint density at radius 3 is 2.83 bits per heavy atom. The van der Waals surface area contributed by atoms with E-state index in [0.717, 1.165) is 63.9 Å². The number of carbonyl (C=O) groups excluding carboxylic acids is 1. The van der Waals surface area contributed by atoms with Crippen LogP contribution in [0.25, 0.3) is 26.4 Å². The summed E-state index contributed by atoms with van der Waals surface area (Å²) in [4.78, 5) is 37.9. The van der Waals surface area contributed by atoms with E-state index in [1.165, 1.54) is 29.0 Å². The highest BCUT2D eigenvalue weighted by Gasteiger charge is 2.26.